The van der Waals surface area contributed by atoms with E-state index in [4.69, 9.17) is 16.3 Å². The third-order valence-electron chi connectivity index (χ3n) is 4.63. The van der Waals surface area contributed by atoms with Crippen molar-refractivity contribution in [3.8, 4) is 22.8 Å². The van der Waals surface area contributed by atoms with Gasteiger partial charge < -0.3 is 4.74 Å². The van der Waals surface area contributed by atoms with E-state index in [9.17, 15) is 10.1 Å². The summed E-state index contributed by atoms with van der Waals surface area (Å²) in [6.45, 7) is 2.53. The highest BCUT2D eigenvalue weighted by atomic mass is 35.5. The van der Waals surface area contributed by atoms with Crippen LogP contribution in [-0.2, 0) is 5.75 Å². The van der Waals surface area contributed by atoms with E-state index in [1.165, 1.54) is 17.8 Å². The Labute approximate surface area is 194 Å². The third kappa shape index (κ3) is 4.92. The van der Waals surface area contributed by atoms with E-state index in [1.807, 2.05) is 66.1 Å². The average molecular weight is 467 g/mol. The fraction of sp³-hybridized carbons (Fsp3) is 0.130. The summed E-state index contributed by atoms with van der Waals surface area (Å²) in [4.78, 5) is 10.7. The minimum absolute atomic E-state index is 0.0675. The van der Waals surface area contributed by atoms with Crippen LogP contribution in [0.4, 0.5) is 5.69 Å². The molecule has 4 rings (SSSR count). The lowest BCUT2D eigenvalue weighted by molar-refractivity contribution is -0.384. The largest absolute Gasteiger partial charge is 0.494 e. The monoisotopic (exact) mass is 466 g/mol. The normalized spacial score (nSPS) is 10.8. The van der Waals surface area contributed by atoms with Gasteiger partial charge in [0.25, 0.3) is 5.69 Å². The van der Waals surface area contributed by atoms with Crippen LogP contribution in [0.2, 0.25) is 5.02 Å². The maximum atomic E-state index is 11.1. The van der Waals surface area contributed by atoms with Crippen molar-refractivity contribution in [3.63, 3.8) is 0 Å². The fourth-order valence-electron chi connectivity index (χ4n) is 3.15. The molecule has 0 amide bonds. The molecule has 0 unspecified atom stereocenters. The molecule has 0 spiro atoms. The molecule has 0 aliphatic carbocycles. The highest BCUT2D eigenvalue weighted by Crippen LogP contribution is 2.31. The van der Waals surface area contributed by atoms with Crippen molar-refractivity contribution in [1.29, 1.82) is 0 Å². The SMILES string of the molecule is CCOc1ccc(-n2c(SCc3cccc([N+](=O)[O-])c3)nnc2-c2ccc(Cl)cc2)cc1. The molecule has 0 radical (unpaired) electrons. The minimum atomic E-state index is -0.394. The predicted molar refractivity (Wildman–Crippen MR) is 126 cm³/mol. The standard InChI is InChI=1S/C23H19ClN4O3S/c1-2-31-21-12-10-19(11-13-21)27-22(17-6-8-18(24)9-7-17)25-26-23(27)32-15-16-4-3-5-20(14-16)28(29)30/h3-14H,2,15H2,1H3. The molecule has 32 heavy (non-hydrogen) atoms. The third-order valence-corrected chi connectivity index (χ3v) is 5.88. The molecular weight excluding hydrogens is 448 g/mol. The van der Waals surface area contributed by atoms with Crippen molar-refractivity contribution < 1.29 is 9.66 Å². The molecule has 9 heteroatoms. The molecule has 7 nitrogen and oxygen atoms in total. The van der Waals surface area contributed by atoms with Crippen LogP contribution >= 0.6 is 23.4 Å². The summed E-state index contributed by atoms with van der Waals surface area (Å²) in [5.41, 5.74) is 2.65. The Morgan fingerprint density at radius 1 is 1.06 bits per heavy atom. The second-order valence-electron chi connectivity index (χ2n) is 6.79. The maximum absolute atomic E-state index is 11.1. The van der Waals surface area contributed by atoms with Crippen molar-refractivity contribution in [2.24, 2.45) is 0 Å². The Kier molecular flexibility index (Phi) is 6.72. The maximum Gasteiger partial charge on any atom is 0.269 e. The molecule has 0 bridgehead atoms. The highest BCUT2D eigenvalue weighted by molar-refractivity contribution is 7.98. The number of nitrogens with zero attached hydrogens (tertiary/aromatic N) is 4. The van der Waals surface area contributed by atoms with Crippen molar-refractivity contribution in [2.75, 3.05) is 6.61 Å². The lowest BCUT2D eigenvalue weighted by atomic mass is 10.2. The summed E-state index contributed by atoms with van der Waals surface area (Å²) in [5, 5.41) is 21.2. The van der Waals surface area contributed by atoms with E-state index in [0.29, 0.717) is 28.4 Å². The average Bonchev–Trinajstić information content (AvgIpc) is 3.23. The molecule has 0 N–H and O–H groups in total. The fourth-order valence-corrected chi connectivity index (χ4v) is 4.17. The lowest BCUT2D eigenvalue weighted by Crippen LogP contribution is -2.00. The van der Waals surface area contributed by atoms with Gasteiger partial charge in [-0.3, -0.25) is 14.7 Å². The van der Waals surface area contributed by atoms with Crippen molar-refractivity contribution in [3.05, 3.63) is 93.5 Å². The molecular formula is C23H19ClN4O3S. The Morgan fingerprint density at radius 2 is 1.81 bits per heavy atom. The molecule has 1 heterocycles. The summed E-state index contributed by atoms with van der Waals surface area (Å²) in [7, 11) is 0. The van der Waals surface area contributed by atoms with E-state index in [2.05, 4.69) is 10.2 Å². The van der Waals surface area contributed by atoms with Crippen LogP contribution in [0.25, 0.3) is 17.1 Å². The molecule has 0 saturated heterocycles. The number of hydrogen-bond donors (Lipinski definition) is 0. The van der Waals surface area contributed by atoms with Gasteiger partial charge in [-0.15, -0.1) is 10.2 Å². The summed E-state index contributed by atoms with van der Waals surface area (Å²) < 4.78 is 7.52. The van der Waals surface area contributed by atoms with Crippen molar-refractivity contribution in [2.45, 2.75) is 17.8 Å². The molecule has 0 atom stereocenters. The Hall–Kier alpha value is -3.36. The van der Waals surface area contributed by atoms with Crippen LogP contribution in [0.3, 0.4) is 0 Å². The summed E-state index contributed by atoms with van der Waals surface area (Å²) in [5.74, 6) is 1.97. The molecule has 0 aliphatic rings. The zero-order valence-corrected chi connectivity index (χ0v) is 18.7. The first-order valence-electron chi connectivity index (χ1n) is 9.86. The second-order valence-corrected chi connectivity index (χ2v) is 8.17. The first-order valence-corrected chi connectivity index (χ1v) is 11.2. The zero-order chi connectivity index (χ0) is 22.5. The highest BCUT2D eigenvalue weighted by Gasteiger charge is 2.17. The molecule has 1 aromatic heterocycles. The summed E-state index contributed by atoms with van der Waals surface area (Å²) >= 11 is 7.51. The Morgan fingerprint density at radius 3 is 2.50 bits per heavy atom. The Balaban J connectivity index is 1.69. The number of nitro benzene ring substituents is 1. The van der Waals surface area contributed by atoms with E-state index >= 15 is 0 Å². The van der Waals surface area contributed by atoms with Gasteiger partial charge in [-0.05, 0) is 61.0 Å². The number of non-ortho nitro benzene ring substituents is 1. The summed E-state index contributed by atoms with van der Waals surface area (Å²) in [6.07, 6.45) is 0. The number of ether oxygens (including phenoxy) is 1. The van der Waals surface area contributed by atoms with E-state index in [1.54, 1.807) is 12.1 Å². The van der Waals surface area contributed by atoms with E-state index < -0.39 is 4.92 Å². The minimum Gasteiger partial charge on any atom is -0.494 e. The molecule has 162 valence electrons. The lowest BCUT2D eigenvalue weighted by Gasteiger charge is -2.11. The van der Waals surface area contributed by atoms with Crippen molar-refractivity contribution >= 4 is 29.1 Å². The molecule has 0 fully saturated rings. The first-order chi connectivity index (χ1) is 15.5. The van der Waals surface area contributed by atoms with Crippen LogP contribution in [0.1, 0.15) is 12.5 Å². The first kappa shape index (κ1) is 21.9. The number of halogens is 1. The van der Waals surface area contributed by atoms with Gasteiger partial charge in [0.05, 0.1) is 11.5 Å². The predicted octanol–water partition coefficient (Wildman–Crippen LogP) is 6.19. The van der Waals surface area contributed by atoms with Gasteiger partial charge in [0.15, 0.2) is 11.0 Å². The van der Waals surface area contributed by atoms with Gasteiger partial charge >= 0.3 is 0 Å². The van der Waals surface area contributed by atoms with Crippen LogP contribution in [0.5, 0.6) is 5.75 Å². The molecule has 4 aromatic rings. The van der Waals surface area contributed by atoms with Crippen LogP contribution < -0.4 is 4.74 Å². The number of hydrogen-bond acceptors (Lipinski definition) is 6. The Bertz CT molecular complexity index is 1230. The van der Waals surface area contributed by atoms with Crippen LogP contribution in [0.15, 0.2) is 78.0 Å². The second kappa shape index (κ2) is 9.84. The smallest absolute Gasteiger partial charge is 0.269 e. The zero-order valence-electron chi connectivity index (χ0n) is 17.1. The van der Waals surface area contributed by atoms with Gasteiger partial charge in [0, 0.05) is 34.2 Å². The van der Waals surface area contributed by atoms with Gasteiger partial charge in [0.2, 0.25) is 0 Å². The molecule has 3 aromatic carbocycles. The van der Waals surface area contributed by atoms with E-state index in [-0.39, 0.29) is 5.69 Å². The van der Waals surface area contributed by atoms with Gasteiger partial charge in [0.1, 0.15) is 5.75 Å². The van der Waals surface area contributed by atoms with Gasteiger partial charge in [-0.2, -0.15) is 0 Å². The number of aromatic nitrogens is 3. The van der Waals surface area contributed by atoms with Crippen LogP contribution in [0, 0.1) is 10.1 Å². The van der Waals surface area contributed by atoms with Crippen LogP contribution in [-0.4, -0.2) is 26.3 Å². The summed E-state index contributed by atoms with van der Waals surface area (Å²) in [6, 6.07) is 21.7. The van der Waals surface area contributed by atoms with Gasteiger partial charge in [-0.1, -0.05) is 35.5 Å². The van der Waals surface area contributed by atoms with Gasteiger partial charge in [-0.25, -0.2) is 0 Å². The van der Waals surface area contributed by atoms with E-state index in [0.717, 1.165) is 22.6 Å². The number of nitro groups is 1. The number of benzene rings is 3. The molecule has 0 saturated carbocycles. The quantitative estimate of drug-likeness (QED) is 0.175. The molecule has 0 aliphatic heterocycles. The van der Waals surface area contributed by atoms with Crippen molar-refractivity contribution in [1.82, 2.24) is 14.8 Å². The number of rotatable bonds is 8. The topological polar surface area (TPSA) is 83.1 Å². The number of thioether (sulfide) groups is 1.